The summed E-state index contributed by atoms with van der Waals surface area (Å²) < 4.78 is 1.07. The molecule has 2 heterocycles. The molecule has 4 aromatic carbocycles. The standard InChI is InChI=1S/C29H22BrNOS/c30-23-17-15-20(16-18-23)26-19-29(22-11-5-2-6-12-22)27(21-9-3-1-4-10-21)28(32)31(29)24-13-7-8-14-25(24)33-26/h1-18,26-27H,19H2/t26-,27-,29+/m0/s1. The Morgan fingerprint density at radius 1 is 0.758 bits per heavy atom. The molecular weight excluding hydrogens is 490 g/mol. The van der Waals surface area contributed by atoms with Crippen LogP contribution in [0.1, 0.15) is 34.3 Å². The first-order valence-corrected chi connectivity index (χ1v) is 12.8. The number of para-hydroxylation sites is 1. The fraction of sp³-hybridized carbons (Fsp3) is 0.138. The van der Waals surface area contributed by atoms with Gasteiger partial charge in [-0.1, -0.05) is 101 Å². The maximum absolute atomic E-state index is 13.9. The van der Waals surface area contributed by atoms with E-state index in [2.05, 4.69) is 99.7 Å². The van der Waals surface area contributed by atoms with Crippen molar-refractivity contribution < 1.29 is 4.79 Å². The summed E-state index contributed by atoms with van der Waals surface area (Å²) in [6.45, 7) is 0. The van der Waals surface area contributed by atoms with Crippen LogP contribution in [0.5, 0.6) is 0 Å². The van der Waals surface area contributed by atoms with Gasteiger partial charge in [-0.05, 0) is 47.4 Å². The minimum Gasteiger partial charge on any atom is -0.299 e. The molecule has 0 aromatic heterocycles. The number of rotatable bonds is 3. The highest BCUT2D eigenvalue weighted by molar-refractivity contribution is 9.10. The number of hydrogen-bond donors (Lipinski definition) is 0. The molecule has 0 saturated carbocycles. The summed E-state index contributed by atoms with van der Waals surface area (Å²) in [7, 11) is 0. The molecule has 2 aliphatic heterocycles. The second-order valence-corrected chi connectivity index (χ2v) is 10.8. The quantitative estimate of drug-likeness (QED) is 0.262. The van der Waals surface area contributed by atoms with Gasteiger partial charge in [0.05, 0.1) is 17.1 Å². The van der Waals surface area contributed by atoms with E-state index in [9.17, 15) is 4.79 Å². The zero-order chi connectivity index (χ0) is 22.4. The Bertz CT molecular complexity index is 1310. The first-order chi connectivity index (χ1) is 16.2. The van der Waals surface area contributed by atoms with E-state index in [-0.39, 0.29) is 17.1 Å². The van der Waals surface area contributed by atoms with Crippen LogP contribution in [-0.4, -0.2) is 5.91 Å². The Balaban J connectivity index is 1.60. The number of β-lactam (4-membered cyclic amide) rings is 1. The van der Waals surface area contributed by atoms with Crippen molar-refractivity contribution in [1.29, 1.82) is 0 Å². The molecule has 0 bridgehead atoms. The number of thioether (sulfide) groups is 1. The van der Waals surface area contributed by atoms with Crippen molar-refractivity contribution in [2.75, 3.05) is 4.90 Å². The van der Waals surface area contributed by atoms with E-state index in [1.807, 2.05) is 42.1 Å². The second kappa shape index (κ2) is 8.19. The van der Waals surface area contributed by atoms with Crippen LogP contribution in [0.25, 0.3) is 0 Å². The van der Waals surface area contributed by atoms with Crippen molar-refractivity contribution in [3.05, 3.63) is 130 Å². The highest BCUT2D eigenvalue weighted by Crippen LogP contribution is 2.63. The first kappa shape index (κ1) is 20.8. The van der Waals surface area contributed by atoms with Crippen LogP contribution >= 0.6 is 27.7 Å². The Labute approximate surface area is 206 Å². The van der Waals surface area contributed by atoms with Gasteiger partial charge in [0.1, 0.15) is 0 Å². The second-order valence-electron chi connectivity index (χ2n) is 8.64. The van der Waals surface area contributed by atoms with Gasteiger partial charge in [0, 0.05) is 14.6 Å². The van der Waals surface area contributed by atoms with Crippen LogP contribution in [0.2, 0.25) is 0 Å². The maximum atomic E-state index is 13.9. The minimum atomic E-state index is -0.447. The number of hydrogen-bond acceptors (Lipinski definition) is 2. The van der Waals surface area contributed by atoms with Gasteiger partial charge in [-0.25, -0.2) is 0 Å². The van der Waals surface area contributed by atoms with Gasteiger partial charge in [-0.15, -0.1) is 11.8 Å². The van der Waals surface area contributed by atoms with Gasteiger partial charge in [0.25, 0.3) is 0 Å². The topological polar surface area (TPSA) is 20.3 Å². The monoisotopic (exact) mass is 511 g/mol. The maximum Gasteiger partial charge on any atom is 0.238 e. The number of carbonyl (C=O) groups excluding carboxylic acids is 1. The highest BCUT2D eigenvalue weighted by atomic mass is 79.9. The number of nitrogens with zero attached hydrogens (tertiary/aromatic N) is 1. The SMILES string of the molecule is O=C1[C@H](c2ccccc2)[C@]2(c3ccccc3)C[C@@H](c3ccc(Br)cc3)Sc3ccccc3N12. The summed E-state index contributed by atoms with van der Waals surface area (Å²) in [5, 5.41) is 0.212. The van der Waals surface area contributed by atoms with Crippen LogP contribution in [0.15, 0.2) is 119 Å². The van der Waals surface area contributed by atoms with Crippen LogP contribution in [0, 0.1) is 0 Å². The molecule has 0 unspecified atom stereocenters. The fourth-order valence-electron chi connectivity index (χ4n) is 5.42. The van der Waals surface area contributed by atoms with Gasteiger partial charge >= 0.3 is 0 Å². The zero-order valence-corrected chi connectivity index (χ0v) is 20.3. The number of fused-ring (bicyclic) bond motifs is 3. The Hall–Kier alpha value is -2.82. The third kappa shape index (κ3) is 3.27. The lowest BCUT2D eigenvalue weighted by atomic mass is 9.63. The molecule has 0 aliphatic carbocycles. The Morgan fingerprint density at radius 2 is 1.39 bits per heavy atom. The summed E-state index contributed by atoms with van der Waals surface area (Å²) >= 11 is 5.45. The molecule has 3 atom stereocenters. The van der Waals surface area contributed by atoms with E-state index in [1.165, 1.54) is 11.1 Å². The molecule has 2 aliphatic rings. The van der Waals surface area contributed by atoms with E-state index in [4.69, 9.17) is 0 Å². The zero-order valence-electron chi connectivity index (χ0n) is 17.9. The van der Waals surface area contributed by atoms with Crippen LogP contribution < -0.4 is 4.90 Å². The van der Waals surface area contributed by atoms with E-state index in [0.717, 1.165) is 27.0 Å². The number of benzene rings is 4. The van der Waals surface area contributed by atoms with Crippen LogP contribution in [0.4, 0.5) is 5.69 Å². The largest absolute Gasteiger partial charge is 0.299 e. The summed E-state index contributed by atoms with van der Waals surface area (Å²) in [5.41, 5.74) is 4.13. The summed E-state index contributed by atoms with van der Waals surface area (Å²) in [6, 6.07) is 37.9. The number of anilines is 1. The average molecular weight is 512 g/mol. The molecule has 1 saturated heterocycles. The third-order valence-electron chi connectivity index (χ3n) is 6.86. The summed E-state index contributed by atoms with van der Waals surface area (Å²) in [4.78, 5) is 17.1. The first-order valence-electron chi connectivity index (χ1n) is 11.1. The molecule has 0 N–H and O–H groups in total. The molecule has 4 heteroatoms. The normalized spacial score (nSPS) is 23.8. The molecule has 1 amide bonds. The molecular formula is C29H22BrNOS. The smallest absolute Gasteiger partial charge is 0.238 e. The van der Waals surface area contributed by atoms with Crippen molar-refractivity contribution in [1.82, 2.24) is 0 Å². The van der Waals surface area contributed by atoms with Crippen LogP contribution in [0.3, 0.4) is 0 Å². The predicted molar refractivity (Wildman–Crippen MR) is 139 cm³/mol. The van der Waals surface area contributed by atoms with Gasteiger partial charge < -0.3 is 0 Å². The summed E-state index contributed by atoms with van der Waals surface area (Å²) in [5.74, 6) is -0.0413. The lowest BCUT2D eigenvalue weighted by Gasteiger charge is -2.58. The molecule has 0 radical (unpaired) electrons. The van der Waals surface area contributed by atoms with E-state index < -0.39 is 5.54 Å². The average Bonchev–Trinajstić information content (AvgIpc) is 2.98. The van der Waals surface area contributed by atoms with Gasteiger partial charge in [0.2, 0.25) is 5.91 Å². The third-order valence-corrected chi connectivity index (χ3v) is 8.72. The molecule has 0 spiro atoms. The predicted octanol–water partition coefficient (Wildman–Crippen LogP) is 7.71. The lowest BCUT2D eigenvalue weighted by molar-refractivity contribution is -0.131. The summed E-state index contributed by atoms with van der Waals surface area (Å²) in [6.07, 6.45) is 0.837. The number of amides is 1. The minimum absolute atomic E-state index is 0.176. The van der Waals surface area contributed by atoms with Gasteiger partial charge in [-0.3, -0.25) is 9.69 Å². The van der Waals surface area contributed by atoms with Gasteiger partial charge in [-0.2, -0.15) is 0 Å². The van der Waals surface area contributed by atoms with Crippen molar-refractivity contribution in [2.24, 2.45) is 0 Å². The fourth-order valence-corrected chi connectivity index (χ4v) is 7.06. The molecule has 162 valence electrons. The van der Waals surface area contributed by atoms with E-state index >= 15 is 0 Å². The Morgan fingerprint density at radius 3 is 2.12 bits per heavy atom. The van der Waals surface area contributed by atoms with E-state index in [0.29, 0.717) is 0 Å². The van der Waals surface area contributed by atoms with Crippen molar-refractivity contribution >= 4 is 39.3 Å². The van der Waals surface area contributed by atoms with Crippen molar-refractivity contribution in [3.8, 4) is 0 Å². The molecule has 1 fully saturated rings. The Kier molecular flexibility index (Phi) is 5.16. The number of carbonyl (C=O) groups is 1. The van der Waals surface area contributed by atoms with Crippen molar-refractivity contribution in [3.63, 3.8) is 0 Å². The van der Waals surface area contributed by atoms with Crippen LogP contribution in [-0.2, 0) is 10.3 Å². The molecule has 6 rings (SSSR count). The highest BCUT2D eigenvalue weighted by Gasteiger charge is 2.63. The van der Waals surface area contributed by atoms with Gasteiger partial charge in [0.15, 0.2) is 0 Å². The molecule has 33 heavy (non-hydrogen) atoms. The van der Waals surface area contributed by atoms with E-state index in [1.54, 1.807) is 0 Å². The molecule has 2 nitrogen and oxygen atoms in total. The number of halogens is 1. The lowest BCUT2D eigenvalue weighted by Crippen LogP contribution is -2.67. The van der Waals surface area contributed by atoms with Crippen molar-refractivity contribution in [2.45, 2.75) is 28.0 Å². The molecule has 4 aromatic rings.